The van der Waals surface area contributed by atoms with Gasteiger partial charge in [-0.2, -0.15) is 0 Å². The molecule has 20 heavy (non-hydrogen) atoms. The molecular formula is C14H19BrN4O. The molecule has 0 spiro atoms. The average Bonchev–Trinajstić information content (AvgIpc) is 2.49. The second-order valence-electron chi connectivity index (χ2n) is 5.66. The van der Waals surface area contributed by atoms with Crippen LogP contribution in [0.4, 0.5) is 5.82 Å². The third-order valence-electron chi connectivity index (χ3n) is 4.34. The summed E-state index contributed by atoms with van der Waals surface area (Å²) in [6, 6.07) is 0.420. The molecule has 1 aromatic rings. The fourth-order valence-electron chi connectivity index (χ4n) is 3.29. The van der Waals surface area contributed by atoms with Crippen LogP contribution in [0.25, 0.3) is 0 Å². The molecule has 1 amide bonds. The van der Waals surface area contributed by atoms with Crippen LogP contribution in [0.2, 0.25) is 0 Å². The molecule has 1 aliphatic heterocycles. The standard InChI is InChI=1S/C14H19BrN4O/c15-12-7-17-13(8-16-12)19-14(20)11-6-5-9-3-1-2-4-10(9)18-11/h7-11,18H,1-6H2,(H,17,19,20). The van der Waals surface area contributed by atoms with Crippen molar-refractivity contribution in [1.29, 1.82) is 0 Å². The second-order valence-corrected chi connectivity index (χ2v) is 6.47. The fraction of sp³-hybridized carbons (Fsp3) is 0.643. The molecule has 1 saturated heterocycles. The number of anilines is 1. The van der Waals surface area contributed by atoms with E-state index in [-0.39, 0.29) is 11.9 Å². The number of amides is 1. The second kappa shape index (κ2) is 6.18. The highest BCUT2D eigenvalue weighted by molar-refractivity contribution is 9.10. The largest absolute Gasteiger partial charge is 0.308 e. The zero-order valence-electron chi connectivity index (χ0n) is 11.3. The lowest BCUT2D eigenvalue weighted by Crippen LogP contribution is -2.53. The van der Waals surface area contributed by atoms with Gasteiger partial charge in [-0.1, -0.05) is 12.8 Å². The topological polar surface area (TPSA) is 66.9 Å². The molecule has 2 fully saturated rings. The Morgan fingerprint density at radius 2 is 2.05 bits per heavy atom. The van der Waals surface area contributed by atoms with E-state index in [4.69, 9.17) is 0 Å². The SMILES string of the molecule is O=C(Nc1cnc(Br)cn1)C1CCC2CCCCC2N1. The van der Waals surface area contributed by atoms with Crippen molar-refractivity contribution in [1.82, 2.24) is 15.3 Å². The highest BCUT2D eigenvalue weighted by Gasteiger charge is 2.34. The lowest BCUT2D eigenvalue weighted by Gasteiger charge is -2.39. The van der Waals surface area contributed by atoms with Crippen molar-refractivity contribution in [3.63, 3.8) is 0 Å². The van der Waals surface area contributed by atoms with Gasteiger partial charge in [0, 0.05) is 6.04 Å². The number of aromatic nitrogens is 2. The van der Waals surface area contributed by atoms with E-state index < -0.39 is 0 Å². The maximum atomic E-state index is 12.3. The van der Waals surface area contributed by atoms with Crippen molar-refractivity contribution in [2.75, 3.05) is 5.32 Å². The monoisotopic (exact) mass is 338 g/mol. The Morgan fingerprint density at radius 3 is 2.85 bits per heavy atom. The Kier molecular flexibility index (Phi) is 4.31. The van der Waals surface area contributed by atoms with Crippen LogP contribution in [0.15, 0.2) is 17.0 Å². The van der Waals surface area contributed by atoms with Crippen LogP contribution < -0.4 is 10.6 Å². The van der Waals surface area contributed by atoms with Gasteiger partial charge in [0.05, 0.1) is 18.4 Å². The quantitative estimate of drug-likeness (QED) is 0.869. The Bertz CT molecular complexity index is 479. The van der Waals surface area contributed by atoms with Gasteiger partial charge in [-0.25, -0.2) is 9.97 Å². The molecule has 3 unspecified atom stereocenters. The first-order chi connectivity index (χ1) is 9.72. The first kappa shape index (κ1) is 13.9. The molecule has 108 valence electrons. The average molecular weight is 339 g/mol. The number of halogens is 1. The van der Waals surface area contributed by atoms with Crippen LogP contribution in [0.5, 0.6) is 0 Å². The van der Waals surface area contributed by atoms with Crippen molar-refractivity contribution in [3.8, 4) is 0 Å². The zero-order valence-corrected chi connectivity index (χ0v) is 12.9. The van der Waals surface area contributed by atoms with Crippen LogP contribution in [0.1, 0.15) is 38.5 Å². The van der Waals surface area contributed by atoms with Gasteiger partial charge in [-0.15, -0.1) is 0 Å². The van der Waals surface area contributed by atoms with Gasteiger partial charge in [0.1, 0.15) is 4.60 Å². The van der Waals surface area contributed by atoms with Crippen LogP contribution in [0, 0.1) is 5.92 Å². The number of hydrogen-bond donors (Lipinski definition) is 2. The van der Waals surface area contributed by atoms with E-state index in [0.717, 1.165) is 18.8 Å². The number of nitrogens with one attached hydrogen (secondary N) is 2. The smallest absolute Gasteiger partial charge is 0.242 e. The van der Waals surface area contributed by atoms with Gasteiger partial charge in [0.2, 0.25) is 5.91 Å². The molecule has 2 N–H and O–H groups in total. The Balaban J connectivity index is 1.58. The van der Waals surface area contributed by atoms with E-state index >= 15 is 0 Å². The molecule has 6 heteroatoms. The minimum atomic E-state index is -0.0974. The predicted molar refractivity (Wildman–Crippen MR) is 80.3 cm³/mol. The first-order valence-electron chi connectivity index (χ1n) is 7.27. The van der Waals surface area contributed by atoms with Gasteiger partial charge in [0.15, 0.2) is 5.82 Å². The molecule has 2 aliphatic rings. The zero-order chi connectivity index (χ0) is 13.9. The molecule has 5 nitrogen and oxygen atoms in total. The number of fused-ring (bicyclic) bond motifs is 1. The summed E-state index contributed by atoms with van der Waals surface area (Å²) in [7, 11) is 0. The summed E-state index contributed by atoms with van der Waals surface area (Å²) in [6.07, 6.45) is 10.3. The minimum absolute atomic E-state index is 0.00523. The molecule has 3 rings (SSSR count). The van der Waals surface area contributed by atoms with Gasteiger partial charge >= 0.3 is 0 Å². The highest BCUT2D eigenvalue weighted by atomic mass is 79.9. The number of piperidine rings is 1. The summed E-state index contributed by atoms with van der Waals surface area (Å²) < 4.78 is 0.663. The number of carbonyl (C=O) groups excluding carboxylic acids is 1. The molecule has 2 heterocycles. The number of rotatable bonds is 2. The lowest BCUT2D eigenvalue weighted by atomic mass is 9.77. The summed E-state index contributed by atoms with van der Waals surface area (Å²) in [4.78, 5) is 20.5. The third-order valence-corrected chi connectivity index (χ3v) is 4.75. The summed E-state index contributed by atoms with van der Waals surface area (Å²) in [5.74, 6) is 1.27. The van der Waals surface area contributed by atoms with Gasteiger partial charge < -0.3 is 10.6 Å². The molecule has 0 radical (unpaired) electrons. The molecule has 0 bridgehead atoms. The van der Waals surface area contributed by atoms with Gasteiger partial charge in [-0.05, 0) is 47.5 Å². The van der Waals surface area contributed by atoms with Crippen molar-refractivity contribution < 1.29 is 4.79 Å². The van der Waals surface area contributed by atoms with E-state index in [2.05, 4.69) is 36.5 Å². The maximum Gasteiger partial charge on any atom is 0.242 e. The molecule has 1 saturated carbocycles. The van der Waals surface area contributed by atoms with E-state index in [9.17, 15) is 4.79 Å². The number of hydrogen-bond acceptors (Lipinski definition) is 4. The summed E-state index contributed by atoms with van der Waals surface area (Å²) in [5.41, 5.74) is 0. The summed E-state index contributed by atoms with van der Waals surface area (Å²) in [6.45, 7) is 0. The Hall–Kier alpha value is -1.01. The highest BCUT2D eigenvalue weighted by Crippen LogP contribution is 2.32. The van der Waals surface area contributed by atoms with Crippen molar-refractivity contribution in [2.45, 2.75) is 50.6 Å². The van der Waals surface area contributed by atoms with Crippen molar-refractivity contribution in [3.05, 3.63) is 17.0 Å². The van der Waals surface area contributed by atoms with Crippen molar-refractivity contribution >= 4 is 27.7 Å². The van der Waals surface area contributed by atoms with E-state index in [1.165, 1.54) is 25.7 Å². The number of carbonyl (C=O) groups is 1. The molecular weight excluding hydrogens is 320 g/mol. The van der Waals surface area contributed by atoms with E-state index in [1.807, 2.05) is 0 Å². The van der Waals surface area contributed by atoms with Crippen LogP contribution in [0.3, 0.4) is 0 Å². The van der Waals surface area contributed by atoms with Crippen LogP contribution >= 0.6 is 15.9 Å². The van der Waals surface area contributed by atoms with E-state index in [0.29, 0.717) is 16.5 Å². The number of nitrogens with zero attached hydrogens (tertiary/aromatic N) is 2. The Labute approximate surface area is 127 Å². The Morgan fingerprint density at radius 1 is 1.20 bits per heavy atom. The fourth-order valence-corrected chi connectivity index (χ4v) is 3.50. The van der Waals surface area contributed by atoms with Gasteiger partial charge in [0.25, 0.3) is 0 Å². The summed E-state index contributed by atoms with van der Waals surface area (Å²) in [5, 5.41) is 6.36. The van der Waals surface area contributed by atoms with Crippen molar-refractivity contribution in [2.24, 2.45) is 5.92 Å². The maximum absolute atomic E-state index is 12.3. The van der Waals surface area contributed by atoms with Gasteiger partial charge in [-0.3, -0.25) is 4.79 Å². The summed E-state index contributed by atoms with van der Waals surface area (Å²) >= 11 is 3.23. The van der Waals surface area contributed by atoms with Crippen LogP contribution in [-0.4, -0.2) is 28.0 Å². The molecule has 3 atom stereocenters. The molecule has 1 aliphatic carbocycles. The molecule has 1 aromatic heterocycles. The molecule has 0 aromatic carbocycles. The minimum Gasteiger partial charge on any atom is -0.308 e. The third kappa shape index (κ3) is 3.17. The first-order valence-corrected chi connectivity index (χ1v) is 8.06. The lowest BCUT2D eigenvalue weighted by molar-refractivity contribution is -0.119. The van der Waals surface area contributed by atoms with Crippen LogP contribution in [-0.2, 0) is 4.79 Å². The van der Waals surface area contributed by atoms with E-state index in [1.54, 1.807) is 12.4 Å². The predicted octanol–water partition coefficient (Wildman–Crippen LogP) is 2.49. The normalized spacial score (nSPS) is 29.6.